The van der Waals surface area contributed by atoms with Gasteiger partial charge in [0.15, 0.2) is 5.13 Å². The number of imidazole rings is 1. The van der Waals surface area contributed by atoms with Crippen LogP contribution in [-0.4, -0.2) is 39.3 Å². The molecule has 5 rings (SSSR count). The van der Waals surface area contributed by atoms with Crippen molar-refractivity contribution in [1.29, 1.82) is 0 Å². The van der Waals surface area contributed by atoms with Gasteiger partial charge in [-0.2, -0.15) is 0 Å². The van der Waals surface area contributed by atoms with Crippen LogP contribution in [0.5, 0.6) is 0 Å². The average molecular weight is 508 g/mol. The number of hydrogen-bond acceptors (Lipinski definition) is 8. The van der Waals surface area contributed by atoms with E-state index in [9.17, 15) is 9.18 Å². The number of para-hydroxylation sites is 1. The lowest BCUT2D eigenvalue weighted by Gasteiger charge is -2.10. The summed E-state index contributed by atoms with van der Waals surface area (Å²) in [6.07, 6.45) is 3.90. The van der Waals surface area contributed by atoms with Gasteiger partial charge < -0.3 is 21.3 Å². The molecule has 178 valence electrons. The minimum atomic E-state index is -0.579. The van der Waals surface area contributed by atoms with Crippen molar-refractivity contribution in [3.05, 3.63) is 76.5 Å². The monoisotopic (exact) mass is 507 g/mol. The largest absolute Gasteiger partial charge is 0.397 e. The van der Waals surface area contributed by atoms with Gasteiger partial charge in [0.2, 0.25) is 0 Å². The molecule has 0 aliphatic heterocycles. The van der Waals surface area contributed by atoms with Crippen molar-refractivity contribution in [1.82, 2.24) is 19.3 Å². The van der Waals surface area contributed by atoms with Crippen molar-refractivity contribution in [3.8, 4) is 11.4 Å². The van der Waals surface area contributed by atoms with Crippen LogP contribution >= 0.6 is 22.7 Å². The highest BCUT2D eigenvalue weighted by atomic mass is 32.1. The molecule has 4 N–H and O–H groups in total. The Morgan fingerprint density at radius 3 is 2.86 bits per heavy atom. The van der Waals surface area contributed by atoms with Gasteiger partial charge in [-0.15, -0.1) is 22.7 Å². The zero-order valence-electron chi connectivity index (χ0n) is 18.9. The summed E-state index contributed by atoms with van der Waals surface area (Å²) < 4.78 is 16.0. The molecule has 0 bridgehead atoms. The Hall–Kier alpha value is -3.80. The predicted octanol–water partition coefficient (Wildman–Crippen LogP) is 5.30. The second-order valence-corrected chi connectivity index (χ2v) is 10.1. The lowest BCUT2D eigenvalue weighted by atomic mass is 10.2. The zero-order chi connectivity index (χ0) is 24.5. The number of nitrogens with two attached hydrogens (primary N) is 1. The van der Waals surface area contributed by atoms with Crippen molar-refractivity contribution in [2.24, 2.45) is 0 Å². The Kier molecular flexibility index (Phi) is 6.20. The maximum Gasteiger partial charge on any atom is 0.265 e. The molecule has 0 atom stereocenters. The molecule has 0 unspecified atom stereocenters. The third-order valence-electron chi connectivity index (χ3n) is 5.18. The number of thiophene rings is 1. The lowest BCUT2D eigenvalue weighted by Crippen LogP contribution is -2.13. The predicted molar refractivity (Wildman–Crippen MR) is 140 cm³/mol. The highest BCUT2D eigenvalue weighted by molar-refractivity contribution is 7.19. The van der Waals surface area contributed by atoms with E-state index in [0.717, 1.165) is 28.6 Å². The lowest BCUT2D eigenvalue weighted by molar-refractivity contribution is 0.103. The normalized spacial score (nSPS) is 11.3. The Bertz CT molecular complexity index is 1500. The molecule has 1 aromatic carbocycles. The van der Waals surface area contributed by atoms with E-state index < -0.39 is 11.7 Å². The van der Waals surface area contributed by atoms with E-state index in [2.05, 4.69) is 32.8 Å². The van der Waals surface area contributed by atoms with Crippen molar-refractivity contribution in [2.45, 2.75) is 6.54 Å². The summed E-state index contributed by atoms with van der Waals surface area (Å²) in [4.78, 5) is 24.3. The minimum Gasteiger partial charge on any atom is -0.397 e. The Morgan fingerprint density at radius 1 is 1.20 bits per heavy atom. The topological polar surface area (TPSA) is 101 Å². The summed E-state index contributed by atoms with van der Waals surface area (Å²) in [5.41, 5.74) is 9.67. The first-order valence-corrected chi connectivity index (χ1v) is 12.4. The maximum atomic E-state index is 14.0. The van der Waals surface area contributed by atoms with Gasteiger partial charge >= 0.3 is 0 Å². The second-order valence-electron chi connectivity index (χ2n) is 8.13. The number of carbonyl (C=O) groups is 1. The van der Waals surface area contributed by atoms with Crippen LogP contribution in [0, 0.1) is 5.82 Å². The number of amides is 1. The Balaban J connectivity index is 1.32. The number of thiazole rings is 1. The molecule has 0 saturated heterocycles. The van der Waals surface area contributed by atoms with E-state index in [1.165, 1.54) is 46.4 Å². The molecule has 11 heteroatoms. The summed E-state index contributed by atoms with van der Waals surface area (Å²) in [5, 5.41) is 9.18. The van der Waals surface area contributed by atoms with Crippen LogP contribution in [0.3, 0.4) is 0 Å². The number of fused-ring (bicyclic) bond motifs is 1. The second kappa shape index (κ2) is 9.45. The molecule has 0 fully saturated rings. The molecular formula is C24H22FN7OS2. The fraction of sp³-hybridized carbons (Fsp3) is 0.125. The van der Waals surface area contributed by atoms with E-state index in [0.29, 0.717) is 10.0 Å². The van der Waals surface area contributed by atoms with Crippen LogP contribution in [-0.2, 0) is 6.54 Å². The van der Waals surface area contributed by atoms with E-state index >= 15 is 0 Å². The first-order chi connectivity index (χ1) is 16.9. The maximum absolute atomic E-state index is 14.0. The molecule has 0 radical (unpaired) electrons. The Labute approximate surface area is 208 Å². The summed E-state index contributed by atoms with van der Waals surface area (Å²) in [5.74, 6) is -1.01. The van der Waals surface area contributed by atoms with Crippen molar-refractivity contribution in [3.63, 3.8) is 0 Å². The molecule has 1 amide bonds. The molecule has 0 saturated carbocycles. The van der Waals surface area contributed by atoms with Gasteiger partial charge in [0.1, 0.15) is 22.8 Å². The number of nitrogen functional groups attached to an aromatic ring is 1. The number of aromatic nitrogens is 3. The molecule has 0 aliphatic carbocycles. The Morgan fingerprint density at radius 2 is 2.06 bits per heavy atom. The molecule has 0 aliphatic rings. The molecule has 8 nitrogen and oxygen atoms in total. The molecule has 4 heterocycles. The number of benzene rings is 1. The highest BCUT2D eigenvalue weighted by Gasteiger charge is 2.15. The first kappa shape index (κ1) is 23.0. The van der Waals surface area contributed by atoms with Gasteiger partial charge in [-0.05, 0) is 50.0 Å². The third-order valence-corrected chi connectivity index (χ3v) is 6.93. The van der Waals surface area contributed by atoms with Gasteiger partial charge in [-0.25, -0.2) is 14.4 Å². The van der Waals surface area contributed by atoms with Gasteiger partial charge in [-0.1, -0.05) is 12.1 Å². The van der Waals surface area contributed by atoms with Crippen LogP contribution in [0.4, 0.5) is 25.9 Å². The van der Waals surface area contributed by atoms with E-state index in [-0.39, 0.29) is 11.4 Å². The number of hydrogen-bond donors (Lipinski definition) is 3. The van der Waals surface area contributed by atoms with Gasteiger partial charge in [0, 0.05) is 18.1 Å². The van der Waals surface area contributed by atoms with Crippen LogP contribution in [0.1, 0.15) is 15.2 Å². The first-order valence-electron chi connectivity index (χ1n) is 10.7. The zero-order valence-corrected chi connectivity index (χ0v) is 20.6. The molecule has 4 aromatic heterocycles. The molecular weight excluding hydrogens is 485 g/mol. The van der Waals surface area contributed by atoms with Crippen LogP contribution in [0.2, 0.25) is 0 Å². The molecule has 35 heavy (non-hydrogen) atoms. The highest BCUT2D eigenvalue weighted by Crippen LogP contribution is 2.31. The number of nitrogens with zero attached hydrogens (tertiary/aromatic N) is 4. The van der Waals surface area contributed by atoms with E-state index in [1.807, 2.05) is 36.1 Å². The molecule has 5 aromatic rings. The van der Waals surface area contributed by atoms with Crippen molar-refractivity contribution < 1.29 is 9.18 Å². The van der Waals surface area contributed by atoms with Gasteiger partial charge in [0.05, 0.1) is 27.5 Å². The molecule has 0 spiro atoms. The summed E-state index contributed by atoms with van der Waals surface area (Å²) in [6, 6.07) is 11.8. The minimum absolute atomic E-state index is 0.0215. The van der Waals surface area contributed by atoms with Crippen LogP contribution in [0.25, 0.3) is 17.0 Å². The van der Waals surface area contributed by atoms with Crippen molar-refractivity contribution in [2.75, 3.05) is 30.5 Å². The van der Waals surface area contributed by atoms with Gasteiger partial charge in [0.25, 0.3) is 5.91 Å². The summed E-state index contributed by atoms with van der Waals surface area (Å²) in [6.45, 7) is 0.829. The number of halogens is 1. The van der Waals surface area contributed by atoms with E-state index in [4.69, 9.17) is 10.7 Å². The number of nitrogens with one attached hydrogen (secondary N) is 2. The van der Waals surface area contributed by atoms with Gasteiger partial charge in [-0.3, -0.25) is 9.20 Å². The van der Waals surface area contributed by atoms with E-state index in [1.54, 1.807) is 12.1 Å². The van der Waals surface area contributed by atoms with Crippen LogP contribution in [0.15, 0.2) is 60.2 Å². The summed E-state index contributed by atoms with van der Waals surface area (Å²) >= 11 is 2.70. The quantitative estimate of drug-likeness (QED) is 0.259. The number of anilines is 4. The smallest absolute Gasteiger partial charge is 0.265 e. The fourth-order valence-electron chi connectivity index (χ4n) is 3.60. The number of carbonyl (C=O) groups excluding carboxylic acids is 1. The number of pyridine rings is 1. The standard InChI is InChI=1S/C24H22FN7OS2/c1-31(2)11-14-6-8-20-27-10-18(32(20)12-14)17-13-34-24(28-17)29-21-9-7-19(35-21)23(33)30-22-15(25)4-3-5-16(22)26/h3-10,12-13H,11,26H2,1-2H3,(H,28,29)(H,30,33). The van der Waals surface area contributed by atoms with Crippen LogP contribution < -0.4 is 16.4 Å². The summed E-state index contributed by atoms with van der Waals surface area (Å²) in [7, 11) is 4.07. The third kappa shape index (κ3) is 4.87. The van der Waals surface area contributed by atoms with Crippen molar-refractivity contribution >= 4 is 55.7 Å². The number of rotatable bonds is 7. The average Bonchev–Trinajstić information content (AvgIpc) is 3.56. The fourth-order valence-corrected chi connectivity index (χ4v) is 5.18. The SMILES string of the molecule is CN(C)Cc1ccc2ncc(-c3csc(Nc4ccc(C(=O)Nc5c(N)cccc5F)s4)n3)n2c1.